The highest BCUT2D eigenvalue weighted by Crippen LogP contribution is 2.41. The average Bonchev–Trinajstić information content (AvgIpc) is 3.37. The van der Waals surface area contributed by atoms with Gasteiger partial charge in [-0.05, 0) is 19.3 Å². The minimum Gasteiger partial charge on any atom is -0.460 e. The molecule has 31 heavy (non-hydrogen) atoms. The van der Waals surface area contributed by atoms with E-state index in [9.17, 15) is 4.79 Å². The molecule has 1 aliphatic carbocycles. The molecular formula is C26H40N2O2S. The maximum atomic E-state index is 12.9. The number of anilines is 1. The smallest absolute Gasteiger partial charge is 0.185 e. The van der Waals surface area contributed by atoms with Gasteiger partial charge in [0.1, 0.15) is 5.78 Å². The normalized spacial score (nSPS) is 14.7. The monoisotopic (exact) mass is 444 g/mol. The van der Waals surface area contributed by atoms with Gasteiger partial charge < -0.3 is 10.2 Å². The van der Waals surface area contributed by atoms with Crippen LogP contribution in [-0.4, -0.2) is 10.8 Å². The van der Waals surface area contributed by atoms with Crippen LogP contribution in [-0.2, 0) is 4.79 Å². The second kappa shape index (κ2) is 13.0. The Balaban J connectivity index is 1.37. The first-order valence-electron chi connectivity index (χ1n) is 12.5. The van der Waals surface area contributed by atoms with Crippen molar-refractivity contribution in [3.05, 3.63) is 23.4 Å². The van der Waals surface area contributed by atoms with E-state index in [1.807, 2.05) is 6.20 Å². The number of nitrogen functional groups attached to an aromatic ring is 1. The number of unbranched alkanes of at least 4 members (excludes halogenated alkanes) is 11. The summed E-state index contributed by atoms with van der Waals surface area (Å²) >= 11 is 1.56. The molecule has 0 radical (unpaired) electrons. The largest absolute Gasteiger partial charge is 0.460 e. The van der Waals surface area contributed by atoms with Gasteiger partial charge in [-0.2, -0.15) is 0 Å². The first-order valence-corrected chi connectivity index (χ1v) is 13.3. The van der Waals surface area contributed by atoms with E-state index in [0.717, 1.165) is 35.6 Å². The molecule has 2 N–H and O–H groups in total. The maximum absolute atomic E-state index is 12.9. The van der Waals surface area contributed by atoms with Crippen LogP contribution in [0.5, 0.6) is 0 Å². The molecule has 1 atom stereocenters. The van der Waals surface area contributed by atoms with Crippen molar-refractivity contribution in [1.29, 1.82) is 0 Å². The zero-order chi connectivity index (χ0) is 21.9. The number of nitrogens with zero attached hydrogens (tertiary/aromatic N) is 1. The van der Waals surface area contributed by atoms with E-state index in [2.05, 4.69) is 11.9 Å². The second-order valence-corrected chi connectivity index (χ2v) is 10.2. The fourth-order valence-corrected chi connectivity index (χ4v) is 5.38. The minimum absolute atomic E-state index is 0.00180. The lowest BCUT2D eigenvalue weighted by molar-refractivity contribution is -0.121. The SMILES string of the molecule is CCCCCCCCCCCCCCC(C(=O)C1CC1)c1cnc(-c2occc2N)s1. The van der Waals surface area contributed by atoms with E-state index in [1.54, 1.807) is 23.7 Å². The van der Waals surface area contributed by atoms with E-state index in [0.29, 0.717) is 17.2 Å². The lowest BCUT2D eigenvalue weighted by Gasteiger charge is -2.13. The van der Waals surface area contributed by atoms with E-state index in [1.165, 1.54) is 70.6 Å². The quantitative estimate of drug-likeness (QED) is 0.250. The molecule has 0 bridgehead atoms. The average molecular weight is 445 g/mol. The molecule has 4 nitrogen and oxygen atoms in total. The third-order valence-corrected chi connectivity index (χ3v) is 7.54. The molecule has 0 aromatic carbocycles. The van der Waals surface area contributed by atoms with Crippen LogP contribution in [0.25, 0.3) is 10.8 Å². The highest BCUT2D eigenvalue weighted by Gasteiger charge is 2.36. The Morgan fingerprint density at radius 1 is 1.06 bits per heavy atom. The highest BCUT2D eigenvalue weighted by molar-refractivity contribution is 7.15. The predicted octanol–water partition coefficient (Wildman–Crippen LogP) is 8.14. The number of nitrogens with two attached hydrogens (primary N) is 1. The van der Waals surface area contributed by atoms with Crippen molar-refractivity contribution < 1.29 is 9.21 Å². The molecule has 1 fully saturated rings. The predicted molar refractivity (Wildman–Crippen MR) is 130 cm³/mol. The standard InChI is InChI=1S/C26H40N2O2S/c1-2-3-4-5-6-7-8-9-10-11-12-13-14-21(24(29)20-15-16-20)23-19-28-26(31-23)25-22(27)17-18-30-25/h17-21H,2-16,27H2,1H3. The van der Waals surface area contributed by atoms with Crippen molar-refractivity contribution in [2.45, 2.75) is 109 Å². The minimum atomic E-state index is -0.00180. The summed E-state index contributed by atoms with van der Waals surface area (Å²) in [6, 6.07) is 1.75. The summed E-state index contributed by atoms with van der Waals surface area (Å²) in [5, 5.41) is 0.779. The first-order chi connectivity index (χ1) is 15.2. The Labute approximate surface area is 192 Å². The maximum Gasteiger partial charge on any atom is 0.185 e. The summed E-state index contributed by atoms with van der Waals surface area (Å²) in [5.74, 6) is 1.32. The summed E-state index contributed by atoms with van der Waals surface area (Å²) in [7, 11) is 0. The van der Waals surface area contributed by atoms with Crippen LogP contribution in [0.3, 0.4) is 0 Å². The Kier molecular flexibility index (Phi) is 10.1. The molecule has 2 heterocycles. The van der Waals surface area contributed by atoms with Gasteiger partial charge in [0.05, 0.1) is 17.9 Å². The summed E-state index contributed by atoms with van der Waals surface area (Å²) in [4.78, 5) is 18.5. The van der Waals surface area contributed by atoms with Crippen LogP contribution in [0.1, 0.15) is 114 Å². The van der Waals surface area contributed by atoms with Crippen LogP contribution in [0, 0.1) is 5.92 Å². The number of thiazole rings is 1. The zero-order valence-electron chi connectivity index (χ0n) is 19.2. The Bertz CT molecular complexity index is 778. The molecule has 2 aromatic rings. The lowest BCUT2D eigenvalue weighted by Crippen LogP contribution is -2.13. The molecule has 172 valence electrons. The number of ketones is 1. The number of aromatic nitrogens is 1. The van der Waals surface area contributed by atoms with Crippen molar-refractivity contribution in [3.8, 4) is 10.8 Å². The van der Waals surface area contributed by atoms with Gasteiger partial charge >= 0.3 is 0 Å². The van der Waals surface area contributed by atoms with Crippen molar-refractivity contribution in [3.63, 3.8) is 0 Å². The van der Waals surface area contributed by atoms with Crippen LogP contribution >= 0.6 is 11.3 Å². The molecular weight excluding hydrogens is 404 g/mol. The van der Waals surface area contributed by atoms with Gasteiger partial charge in [-0.15, -0.1) is 11.3 Å². The van der Waals surface area contributed by atoms with Gasteiger partial charge in [0.2, 0.25) is 0 Å². The van der Waals surface area contributed by atoms with Crippen LogP contribution in [0.15, 0.2) is 22.9 Å². The molecule has 0 aliphatic heterocycles. The Morgan fingerprint density at radius 2 is 1.68 bits per heavy atom. The molecule has 1 unspecified atom stereocenters. The number of Topliss-reactive ketones (excluding diaryl/α,β-unsaturated/α-hetero) is 1. The Hall–Kier alpha value is -1.62. The number of hydrogen-bond acceptors (Lipinski definition) is 5. The summed E-state index contributed by atoms with van der Waals surface area (Å²) < 4.78 is 5.48. The number of carbonyl (C=O) groups is 1. The lowest BCUT2D eigenvalue weighted by atomic mass is 9.92. The molecule has 5 heteroatoms. The van der Waals surface area contributed by atoms with Crippen LogP contribution < -0.4 is 5.73 Å². The third-order valence-electron chi connectivity index (χ3n) is 6.43. The van der Waals surface area contributed by atoms with Crippen molar-refractivity contribution in [2.75, 3.05) is 5.73 Å². The van der Waals surface area contributed by atoms with Gasteiger partial charge in [0, 0.05) is 23.1 Å². The molecule has 2 aromatic heterocycles. The van der Waals surface area contributed by atoms with Crippen molar-refractivity contribution in [2.24, 2.45) is 5.92 Å². The van der Waals surface area contributed by atoms with Gasteiger partial charge in [-0.1, -0.05) is 84.0 Å². The van der Waals surface area contributed by atoms with E-state index in [-0.39, 0.29) is 11.8 Å². The zero-order valence-corrected chi connectivity index (χ0v) is 20.1. The van der Waals surface area contributed by atoms with Crippen molar-refractivity contribution in [1.82, 2.24) is 4.98 Å². The second-order valence-electron chi connectivity index (χ2n) is 9.18. The van der Waals surface area contributed by atoms with E-state index >= 15 is 0 Å². The molecule has 1 aliphatic rings. The number of hydrogen-bond donors (Lipinski definition) is 1. The van der Waals surface area contributed by atoms with Gasteiger partial charge in [-0.25, -0.2) is 4.98 Å². The van der Waals surface area contributed by atoms with Gasteiger partial charge in [0.15, 0.2) is 10.8 Å². The van der Waals surface area contributed by atoms with Crippen molar-refractivity contribution >= 4 is 22.8 Å². The van der Waals surface area contributed by atoms with Crippen LogP contribution in [0.2, 0.25) is 0 Å². The fraction of sp³-hybridized carbons (Fsp3) is 0.692. The van der Waals surface area contributed by atoms with Crippen LogP contribution in [0.4, 0.5) is 5.69 Å². The summed E-state index contributed by atoms with van der Waals surface area (Å²) in [5.41, 5.74) is 6.57. The topological polar surface area (TPSA) is 69.1 Å². The summed E-state index contributed by atoms with van der Waals surface area (Å²) in [6.07, 6.45) is 22.6. The number of rotatable bonds is 17. The molecule has 0 saturated heterocycles. The molecule has 0 spiro atoms. The van der Waals surface area contributed by atoms with Gasteiger partial charge in [-0.3, -0.25) is 4.79 Å². The number of furan rings is 1. The Morgan fingerprint density at radius 3 is 2.23 bits per heavy atom. The van der Waals surface area contributed by atoms with E-state index in [4.69, 9.17) is 10.2 Å². The molecule has 1 saturated carbocycles. The first kappa shape index (κ1) is 24.0. The fourth-order valence-electron chi connectivity index (χ4n) is 4.31. The van der Waals surface area contributed by atoms with E-state index < -0.39 is 0 Å². The highest BCUT2D eigenvalue weighted by atomic mass is 32.1. The molecule has 0 amide bonds. The van der Waals surface area contributed by atoms with Gasteiger partial charge in [0.25, 0.3) is 0 Å². The third kappa shape index (κ3) is 7.78. The number of carbonyl (C=O) groups excluding carboxylic acids is 1. The summed E-state index contributed by atoms with van der Waals surface area (Å²) in [6.45, 7) is 2.27. The molecule has 3 rings (SSSR count).